The highest BCUT2D eigenvalue weighted by Crippen LogP contribution is 2.21. The van der Waals surface area contributed by atoms with Gasteiger partial charge in [-0.15, -0.1) is 0 Å². The van der Waals surface area contributed by atoms with E-state index in [4.69, 9.17) is 4.74 Å². The van der Waals surface area contributed by atoms with E-state index in [0.717, 1.165) is 10.4 Å². The minimum Gasteiger partial charge on any atom is -0.380 e. The van der Waals surface area contributed by atoms with Crippen molar-refractivity contribution in [1.29, 1.82) is 0 Å². The highest BCUT2D eigenvalue weighted by Gasteiger charge is 2.24. The first-order valence-electron chi connectivity index (χ1n) is 5.38. The quantitative estimate of drug-likeness (QED) is 0.747. The summed E-state index contributed by atoms with van der Waals surface area (Å²) in [4.78, 5) is -0.329. The highest BCUT2D eigenvalue weighted by molar-refractivity contribution is 9.10. The van der Waals surface area contributed by atoms with Crippen molar-refractivity contribution >= 4 is 26.0 Å². The number of nitrogens with zero attached hydrogens (tertiary/aromatic N) is 1. The summed E-state index contributed by atoms with van der Waals surface area (Å²) in [6.07, 6.45) is 0. The Morgan fingerprint density at radius 1 is 1.44 bits per heavy atom. The number of likely N-dealkylation sites (N-methyl/N-ethyl adjacent to an activating group) is 1. The number of rotatable bonds is 6. The fourth-order valence-electron chi connectivity index (χ4n) is 1.31. The van der Waals surface area contributed by atoms with Gasteiger partial charge in [0, 0.05) is 24.7 Å². The van der Waals surface area contributed by atoms with Crippen LogP contribution in [0.2, 0.25) is 0 Å². The Labute approximate surface area is 115 Å². The standard InChI is InChI=1S/C11H15BrFNO3S/c1-3-17-7-6-14(2)18(15,16)11-5-4-9(12)8-10(11)13/h4-5,8H,3,6-7H2,1-2H3. The molecule has 1 aromatic carbocycles. The number of sulfonamides is 1. The topological polar surface area (TPSA) is 46.6 Å². The zero-order valence-corrected chi connectivity index (χ0v) is 12.6. The van der Waals surface area contributed by atoms with Crippen molar-refractivity contribution in [3.8, 4) is 0 Å². The van der Waals surface area contributed by atoms with Crippen molar-refractivity contribution in [2.24, 2.45) is 0 Å². The van der Waals surface area contributed by atoms with Crippen LogP contribution in [0.1, 0.15) is 6.92 Å². The predicted molar refractivity (Wildman–Crippen MR) is 70.4 cm³/mol. The molecule has 0 N–H and O–H groups in total. The zero-order chi connectivity index (χ0) is 13.8. The van der Waals surface area contributed by atoms with Gasteiger partial charge in [0.1, 0.15) is 10.7 Å². The molecule has 0 aliphatic carbocycles. The molecular weight excluding hydrogens is 325 g/mol. The van der Waals surface area contributed by atoms with Gasteiger partial charge >= 0.3 is 0 Å². The van der Waals surface area contributed by atoms with Gasteiger partial charge in [0.25, 0.3) is 0 Å². The first-order chi connectivity index (χ1) is 8.39. The van der Waals surface area contributed by atoms with Crippen LogP contribution < -0.4 is 0 Å². The molecule has 0 fully saturated rings. The number of ether oxygens (including phenoxy) is 1. The molecule has 102 valence electrons. The summed E-state index contributed by atoms with van der Waals surface area (Å²) in [6.45, 7) is 2.81. The third-order valence-electron chi connectivity index (χ3n) is 2.34. The van der Waals surface area contributed by atoms with Gasteiger partial charge in [0.15, 0.2) is 0 Å². The van der Waals surface area contributed by atoms with Gasteiger partial charge in [-0.3, -0.25) is 0 Å². The molecule has 0 atom stereocenters. The van der Waals surface area contributed by atoms with Crippen molar-refractivity contribution in [1.82, 2.24) is 4.31 Å². The lowest BCUT2D eigenvalue weighted by molar-refractivity contribution is 0.138. The third kappa shape index (κ3) is 3.74. The van der Waals surface area contributed by atoms with E-state index in [1.807, 2.05) is 6.92 Å². The minimum absolute atomic E-state index is 0.186. The Balaban J connectivity index is 2.91. The number of hydrogen-bond donors (Lipinski definition) is 0. The van der Waals surface area contributed by atoms with Gasteiger partial charge in [-0.1, -0.05) is 15.9 Å². The van der Waals surface area contributed by atoms with Crippen LogP contribution in [0, 0.1) is 5.82 Å². The van der Waals surface area contributed by atoms with E-state index in [0.29, 0.717) is 11.1 Å². The second kappa shape index (κ2) is 6.60. The molecule has 7 heteroatoms. The monoisotopic (exact) mass is 339 g/mol. The van der Waals surface area contributed by atoms with Crippen molar-refractivity contribution in [2.45, 2.75) is 11.8 Å². The van der Waals surface area contributed by atoms with Crippen molar-refractivity contribution in [3.63, 3.8) is 0 Å². The molecule has 0 amide bonds. The average molecular weight is 340 g/mol. The van der Waals surface area contributed by atoms with Gasteiger partial charge in [-0.25, -0.2) is 12.8 Å². The summed E-state index contributed by atoms with van der Waals surface area (Å²) in [6, 6.07) is 3.86. The van der Waals surface area contributed by atoms with Crippen molar-refractivity contribution < 1.29 is 17.5 Å². The molecule has 0 aliphatic heterocycles. The second-order valence-corrected chi connectivity index (χ2v) is 6.53. The minimum atomic E-state index is -3.81. The van der Waals surface area contributed by atoms with Crippen LogP contribution in [0.5, 0.6) is 0 Å². The first kappa shape index (κ1) is 15.6. The Hall–Kier alpha value is -0.500. The molecule has 0 aliphatic rings. The van der Waals surface area contributed by atoms with E-state index in [-0.39, 0.29) is 18.0 Å². The van der Waals surface area contributed by atoms with Gasteiger partial charge in [-0.2, -0.15) is 4.31 Å². The molecule has 0 radical (unpaired) electrons. The summed E-state index contributed by atoms with van der Waals surface area (Å²) in [7, 11) is -2.41. The van der Waals surface area contributed by atoms with Crippen molar-refractivity contribution in [3.05, 3.63) is 28.5 Å². The van der Waals surface area contributed by atoms with Gasteiger partial charge in [0.05, 0.1) is 6.61 Å². The SMILES string of the molecule is CCOCCN(C)S(=O)(=O)c1ccc(Br)cc1F. The molecule has 1 aromatic rings. The van der Waals surface area contributed by atoms with E-state index < -0.39 is 15.8 Å². The van der Waals surface area contributed by atoms with Crippen LogP contribution >= 0.6 is 15.9 Å². The average Bonchev–Trinajstić information content (AvgIpc) is 2.28. The maximum Gasteiger partial charge on any atom is 0.245 e. The maximum absolute atomic E-state index is 13.6. The summed E-state index contributed by atoms with van der Waals surface area (Å²) in [5.74, 6) is -0.771. The fraction of sp³-hybridized carbons (Fsp3) is 0.455. The summed E-state index contributed by atoms with van der Waals surface area (Å²) >= 11 is 3.08. The van der Waals surface area contributed by atoms with E-state index in [2.05, 4.69) is 15.9 Å². The molecule has 0 spiro atoms. The lowest BCUT2D eigenvalue weighted by Gasteiger charge is -2.17. The van der Waals surface area contributed by atoms with Gasteiger partial charge in [-0.05, 0) is 25.1 Å². The molecule has 18 heavy (non-hydrogen) atoms. The molecule has 1 rings (SSSR count). The van der Waals surface area contributed by atoms with Crippen LogP contribution in [-0.2, 0) is 14.8 Å². The zero-order valence-electron chi connectivity index (χ0n) is 10.2. The molecular formula is C11H15BrFNO3S. The second-order valence-electron chi connectivity index (χ2n) is 3.60. The lowest BCUT2D eigenvalue weighted by atomic mass is 10.3. The number of benzene rings is 1. The largest absolute Gasteiger partial charge is 0.380 e. The molecule has 0 aromatic heterocycles. The van der Waals surface area contributed by atoms with Crippen LogP contribution in [0.3, 0.4) is 0 Å². The number of halogens is 2. The lowest BCUT2D eigenvalue weighted by Crippen LogP contribution is -2.30. The van der Waals surface area contributed by atoms with Crippen LogP contribution in [0.25, 0.3) is 0 Å². The summed E-state index contributed by atoms with van der Waals surface area (Å²) < 4.78 is 44.4. The maximum atomic E-state index is 13.6. The third-order valence-corrected chi connectivity index (χ3v) is 4.72. The van der Waals surface area contributed by atoms with Crippen LogP contribution in [0.15, 0.2) is 27.6 Å². The van der Waals surface area contributed by atoms with Crippen molar-refractivity contribution in [2.75, 3.05) is 26.8 Å². The molecule has 0 saturated carbocycles. The summed E-state index contributed by atoms with van der Waals surface area (Å²) in [5.41, 5.74) is 0. The van der Waals surface area contributed by atoms with Gasteiger partial charge in [0.2, 0.25) is 10.0 Å². The predicted octanol–water partition coefficient (Wildman–Crippen LogP) is 2.25. The van der Waals surface area contributed by atoms with E-state index in [9.17, 15) is 12.8 Å². The molecule has 0 saturated heterocycles. The first-order valence-corrected chi connectivity index (χ1v) is 7.62. The van der Waals surface area contributed by atoms with E-state index >= 15 is 0 Å². The van der Waals surface area contributed by atoms with E-state index in [1.165, 1.54) is 19.2 Å². The van der Waals surface area contributed by atoms with Gasteiger partial charge < -0.3 is 4.74 Å². The molecule has 4 nitrogen and oxygen atoms in total. The molecule has 0 unspecified atom stereocenters. The summed E-state index contributed by atoms with van der Waals surface area (Å²) in [5, 5.41) is 0. The normalized spacial score (nSPS) is 12.1. The molecule has 0 heterocycles. The van der Waals surface area contributed by atoms with Crippen LogP contribution in [0.4, 0.5) is 4.39 Å². The highest BCUT2D eigenvalue weighted by atomic mass is 79.9. The smallest absolute Gasteiger partial charge is 0.245 e. The molecule has 0 bridgehead atoms. The fourth-order valence-corrected chi connectivity index (χ4v) is 2.84. The van der Waals surface area contributed by atoms with E-state index in [1.54, 1.807) is 0 Å². The Morgan fingerprint density at radius 3 is 2.67 bits per heavy atom. The Bertz CT molecular complexity index is 507. The number of hydrogen-bond acceptors (Lipinski definition) is 3. The van der Waals surface area contributed by atoms with Crippen LogP contribution in [-0.4, -0.2) is 39.5 Å². The Kier molecular flexibility index (Phi) is 5.71. The Morgan fingerprint density at radius 2 is 2.11 bits per heavy atom.